The van der Waals surface area contributed by atoms with Gasteiger partial charge in [0, 0.05) is 24.2 Å². The number of carbonyl (C=O) groups is 1. The number of aromatic nitrogens is 1. The van der Waals surface area contributed by atoms with E-state index in [0.29, 0.717) is 5.92 Å². The van der Waals surface area contributed by atoms with E-state index in [1.165, 1.54) is 50.0 Å². The number of primary amides is 1. The van der Waals surface area contributed by atoms with Crippen LogP contribution in [0.15, 0.2) is 18.3 Å². The quantitative estimate of drug-likeness (QED) is 0.937. The molecule has 1 atom stereocenters. The van der Waals surface area contributed by atoms with E-state index < -0.39 is 0 Å². The highest BCUT2D eigenvalue weighted by Crippen LogP contribution is 2.40. The number of fused-ring (bicyclic) bond motifs is 1. The molecule has 0 aromatic carbocycles. The maximum Gasteiger partial charge on any atom is 0.259 e. The molecule has 2 aromatic rings. The predicted molar refractivity (Wildman–Crippen MR) is 93.9 cm³/mol. The molecule has 1 aliphatic heterocycles. The van der Waals surface area contributed by atoms with E-state index in [9.17, 15) is 4.79 Å². The topological polar surface area (TPSA) is 59.2 Å². The summed E-state index contributed by atoms with van der Waals surface area (Å²) in [6.45, 7) is 2.26. The maximum atomic E-state index is 12.0. The molecule has 2 N–H and O–H groups in total. The summed E-state index contributed by atoms with van der Waals surface area (Å²) in [7, 11) is 0. The van der Waals surface area contributed by atoms with Crippen molar-refractivity contribution in [2.75, 3.05) is 13.1 Å². The number of nitrogens with two attached hydrogens (primary N) is 1. The van der Waals surface area contributed by atoms with Crippen molar-refractivity contribution in [1.82, 2.24) is 9.88 Å². The number of nitrogens with zero attached hydrogens (tertiary/aromatic N) is 2. The molecule has 1 aliphatic carbocycles. The smallest absolute Gasteiger partial charge is 0.259 e. The molecule has 4 rings (SSSR count). The number of carbonyl (C=O) groups excluding carboxylic acids is 1. The molecule has 3 heterocycles. The van der Waals surface area contributed by atoms with Crippen molar-refractivity contribution < 1.29 is 4.79 Å². The Kier molecular flexibility index (Phi) is 4.07. The number of thiophene rings is 1. The lowest BCUT2D eigenvalue weighted by molar-refractivity contribution is 0.100. The molecule has 5 heteroatoms. The summed E-state index contributed by atoms with van der Waals surface area (Å²) in [5.41, 5.74) is 6.83. The van der Waals surface area contributed by atoms with Crippen molar-refractivity contribution in [2.24, 2.45) is 5.73 Å². The lowest BCUT2D eigenvalue weighted by Gasteiger charge is -2.37. The first kappa shape index (κ1) is 15.1. The van der Waals surface area contributed by atoms with Crippen molar-refractivity contribution in [3.63, 3.8) is 0 Å². The van der Waals surface area contributed by atoms with Gasteiger partial charge >= 0.3 is 0 Å². The van der Waals surface area contributed by atoms with Crippen LogP contribution < -0.4 is 5.73 Å². The molecule has 4 nitrogen and oxygen atoms in total. The monoisotopic (exact) mass is 329 g/mol. The number of hydrogen-bond acceptors (Lipinski definition) is 4. The number of rotatable bonds is 3. The molecule has 1 saturated heterocycles. The summed E-state index contributed by atoms with van der Waals surface area (Å²) in [6.07, 6.45) is 9.54. The summed E-state index contributed by atoms with van der Waals surface area (Å²) in [4.78, 5) is 20.7. The Morgan fingerprint density at radius 3 is 2.87 bits per heavy atom. The van der Waals surface area contributed by atoms with Gasteiger partial charge in [0.25, 0.3) is 5.91 Å². The Hall–Kier alpha value is -1.46. The van der Waals surface area contributed by atoms with Crippen molar-refractivity contribution in [2.45, 2.75) is 50.5 Å². The molecule has 2 aromatic heterocycles. The second-order valence-electron chi connectivity index (χ2n) is 6.84. The summed E-state index contributed by atoms with van der Waals surface area (Å²) in [5, 5.41) is 1.13. The highest BCUT2D eigenvalue weighted by Gasteiger charge is 2.32. The first-order chi connectivity index (χ1) is 11.2. The lowest BCUT2D eigenvalue weighted by atomic mass is 9.88. The largest absolute Gasteiger partial charge is 0.365 e. The fourth-order valence-electron chi connectivity index (χ4n) is 4.38. The zero-order chi connectivity index (χ0) is 15.8. The number of likely N-dealkylation sites (tertiary alicyclic amines) is 1. The maximum absolute atomic E-state index is 12.0. The molecular weight excluding hydrogens is 306 g/mol. The van der Waals surface area contributed by atoms with E-state index in [1.807, 2.05) is 6.07 Å². The van der Waals surface area contributed by atoms with E-state index in [4.69, 9.17) is 5.73 Å². The summed E-state index contributed by atoms with van der Waals surface area (Å²) in [6, 6.07) is 4.80. The van der Waals surface area contributed by atoms with Gasteiger partial charge in [-0.05, 0) is 49.8 Å². The van der Waals surface area contributed by atoms with Crippen LogP contribution in [0.25, 0.3) is 10.2 Å². The molecule has 0 bridgehead atoms. The fraction of sp³-hybridized carbons (Fsp3) is 0.556. The average Bonchev–Trinajstić information content (AvgIpc) is 3.22. The second-order valence-corrected chi connectivity index (χ2v) is 7.84. The first-order valence-corrected chi connectivity index (χ1v) is 9.47. The molecule has 1 saturated carbocycles. The molecule has 0 radical (unpaired) electrons. The molecule has 2 fully saturated rings. The normalized spacial score (nSPS) is 23.6. The van der Waals surface area contributed by atoms with Gasteiger partial charge in [0.15, 0.2) is 0 Å². The fourth-order valence-corrected chi connectivity index (χ4v) is 5.46. The predicted octanol–water partition coefficient (Wildman–Crippen LogP) is 3.52. The molecule has 122 valence electrons. The van der Waals surface area contributed by atoms with Gasteiger partial charge in [-0.25, -0.2) is 4.98 Å². The average molecular weight is 329 g/mol. The van der Waals surface area contributed by atoms with Crippen LogP contribution >= 0.6 is 11.3 Å². The van der Waals surface area contributed by atoms with Crippen LogP contribution in [0.1, 0.15) is 59.7 Å². The minimum Gasteiger partial charge on any atom is -0.365 e. The van der Waals surface area contributed by atoms with Gasteiger partial charge < -0.3 is 5.73 Å². The van der Waals surface area contributed by atoms with Crippen molar-refractivity contribution in [1.29, 1.82) is 0 Å². The summed E-state index contributed by atoms with van der Waals surface area (Å²) >= 11 is 1.45. The van der Waals surface area contributed by atoms with Gasteiger partial charge in [-0.2, -0.15) is 0 Å². The Labute approximate surface area is 140 Å². The molecule has 1 amide bonds. The zero-order valence-corrected chi connectivity index (χ0v) is 14.1. The zero-order valence-electron chi connectivity index (χ0n) is 13.3. The molecule has 23 heavy (non-hydrogen) atoms. The van der Waals surface area contributed by atoms with Crippen molar-refractivity contribution in [3.8, 4) is 0 Å². The third kappa shape index (κ3) is 2.76. The van der Waals surface area contributed by atoms with E-state index in [1.54, 1.807) is 6.20 Å². The summed E-state index contributed by atoms with van der Waals surface area (Å²) in [5.74, 6) is 0.103. The van der Waals surface area contributed by atoms with Crippen LogP contribution in [0.5, 0.6) is 0 Å². The van der Waals surface area contributed by atoms with Gasteiger partial charge in [0.1, 0.15) is 4.83 Å². The number of piperidine rings is 1. The minimum absolute atomic E-state index is 0.305. The van der Waals surface area contributed by atoms with Crippen LogP contribution in [-0.4, -0.2) is 34.9 Å². The first-order valence-electron chi connectivity index (χ1n) is 8.65. The lowest BCUT2D eigenvalue weighted by Crippen LogP contribution is -2.41. The second kappa shape index (κ2) is 6.21. The van der Waals surface area contributed by atoms with E-state index in [-0.39, 0.29) is 5.91 Å². The summed E-state index contributed by atoms with van der Waals surface area (Å²) < 4.78 is 0. The van der Waals surface area contributed by atoms with E-state index in [2.05, 4.69) is 16.0 Å². The molecule has 2 aliphatic rings. The Morgan fingerprint density at radius 2 is 2.09 bits per heavy atom. The Balaban J connectivity index is 1.69. The van der Waals surface area contributed by atoms with Crippen LogP contribution in [0.3, 0.4) is 0 Å². The highest BCUT2D eigenvalue weighted by atomic mass is 32.1. The molecular formula is C18H23N3OS. The Morgan fingerprint density at radius 1 is 1.26 bits per heavy atom. The number of amides is 1. The van der Waals surface area contributed by atoms with E-state index >= 15 is 0 Å². The van der Waals surface area contributed by atoms with Gasteiger partial charge in [-0.1, -0.05) is 18.9 Å². The third-order valence-electron chi connectivity index (χ3n) is 5.43. The Bertz CT molecular complexity index is 720. The minimum atomic E-state index is -0.305. The number of hydrogen-bond donors (Lipinski definition) is 1. The van der Waals surface area contributed by atoms with Crippen LogP contribution in [0.4, 0.5) is 0 Å². The van der Waals surface area contributed by atoms with Gasteiger partial charge in [0.05, 0.1) is 4.88 Å². The number of pyridine rings is 1. The third-order valence-corrected chi connectivity index (χ3v) is 6.57. The van der Waals surface area contributed by atoms with Gasteiger partial charge in [-0.15, -0.1) is 11.3 Å². The van der Waals surface area contributed by atoms with Crippen LogP contribution in [0, 0.1) is 0 Å². The standard InChI is InChI=1S/C18H23N3OS/c19-17(22)16-15(14-8-3-9-20-18(14)23-16)12-5-4-10-21(11-12)13-6-1-2-7-13/h3,8-9,12-13H,1-2,4-7,10-11H2,(H2,19,22)/t12-/m1/s1. The van der Waals surface area contributed by atoms with E-state index in [0.717, 1.165) is 39.7 Å². The van der Waals surface area contributed by atoms with Crippen molar-refractivity contribution >= 4 is 27.5 Å². The van der Waals surface area contributed by atoms with Gasteiger partial charge in [0.2, 0.25) is 0 Å². The van der Waals surface area contributed by atoms with Crippen LogP contribution in [-0.2, 0) is 0 Å². The molecule has 0 unspecified atom stereocenters. The van der Waals surface area contributed by atoms with Crippen molar-refractivity contribution in [3.05, 3.63) is 28.8 Å². The van der Waals surface area contributed by atoms with Crippen LogP contribution in [0.2, 0.25) is 0 Å². The van der Waals surface area contributed by atoms with Gasteiger partial charge in [-0.3, -0.25) is 9.69 Å². The SMILES string of the molecule is NC(=O)c1sc2ncccc2c1[C@@H]1CCCN(C2CCCC2)C1. The highest BCUT2D eigenvalue weighted by molar-refractivity contribution is 7.20. The molecule has 0 spiro atoms.